The van der Waals surface area contributed by atoms with Crippen LogP contribution < -0.4 is 16.0 Å². The van der Waals surface area contributed by atoms with Gasteiger partial charge in [-0.15, -0.1) is 4.68 Å². The van der Waals surface area contributed by atoms with Gasteiger partial charge in [0.2, 0.25) is 5.75 Å². The SMILES string of the molecule is COC(=O)C(C)Oc1c(C=Nn2c(=O)[nH]c3ccccc3c2=O)cccc1[N+](=O)[O-]. The summed E-state index contributed by atoms with van der Waals surface area (Å²) in [6.45, 7) is 1.36. The number of carbonyl (C=O) groups excluding carboxylic acids is 1. The second-order valence-electron chi connectivity index (χ2n) is 6.07. The molecule has 0 aliphatic rings. The molecule has 2 aromatic carbocycles. The van der Waals surface area contributed by atoms with Gasteiger partial charge >= 0.3 is 17.3 Å². The highest BCUT2D eigenvalue weighted by atomic mass is 16.6. The summed E-state index contributed by atoms with van der Waals surface area (Å²) >= 11 is 0. The standard InChI is InChI=1S/C19H16N4O7/c1-11(18(25)29-2)30-16-12(6-5-9-15(16)23(27)28)10-20-22-17(24)13-7-3-4-8-14(13)21-19(22)26/h3-11H,1-2H3,(H,21,26). The molecule has 1 heterocycles. The second kappa shape index (κ2) is 8.39. The number of benzene rings is 2. The van der Waals surface area contributed by atoms with E-state index < -0.39 is 33.9 Å². The highest BCUT2D eigenvalue weighted by Crippen LogP contribution is 2.31. The van der Waals surface area contributed by atoms with Crippen LogP contribution in [0.5, 0.6) is 5.75 Å². The monoisotopic (exact) mass is 412 g/mol. The summed E-state index contributed by atoms with van der Waals surface area (Å²) in [7, 11) is 1.16. The third kappa shape index (κ3) is 3.94. The summed E-state index contributed by atoms with van der Waals surface area (Å²) < 4.78 is 10.6. The van der Waals surface area contributed by atoms with Gasteiger partial charge in [0.05, 0.1) is 29.2 Å². The van der Waals surface area contributed by atoms with Gasteiger partial charge in [-0.1, -0.05) is 18.2 Å². The molecule has 0 aliphatic heterocycles. The van der Waals surface area contributed by atoms with Crippen LogP contribution >= 0.6 is 0 Å². The van der Waals surface area contributed by atoms with E-state index in [4.69, 9.17) is 4.74 Å². The summed E-state index contributed by atoms with van der Waals surface area (Å²) in [4.78, 5) is 49.7. The Morgan fingerprint density at radius 1 is 1.23 bits per heavy atom. The Bertz CT molecular complexity index is 1280. The molecular formula is C19H16N4O7. The summed E-state index contributed by atoms with van der Waals surface area (Å²) in [5.41, 5.74) is -1.44. The number of hydrogen-bond acceptors (Lipinski definition) is 8. The van der Waals surface area contributed by atoms with Gasteiger partial charge in [-0.05, 0) is 25.1 Å². The molecule has 11 heteroatoms. The number of aromatic nitrogens is 2. The zero-order valence-electron chi connectivity index (χ0n) is 15.9. The fourth-order valence-corrected chi connectivity index (χ4v) is 2.68. The Morgan fingerprint density at radius 2 is 1.97 bits per heavy atom. The number of para-hydroxylation sites is 2. The van der Waals surface area contributed by atoms with Crippen molar-refractivity contribution in [3.05, 3.63) is 79.0 Å². The number of rotatable bonds is 6. The maximum Gasteiger partial charge on any atom is 0.349 e. The predicted molar refractivity (Wildman–Crippen MR) is 107 cm³/mol. The molecule has 0 saturated carbocycles. The van der Waals surface area contributed by atoms with Crippen LogP contribution in [0.3, 0.4) is 0 Å². The number of aromatic amines is 1. The molecule has 0 fully saturated rings. The van der Waals surface area contributed by atoms with E-state index in [1.807, 2.05) is 0 Å². The van der Waals surface area contributed by atoms with Gasteiger partial charge in [-0.25, -0.2) is 9.59 Å². The third-order valence-corrected chi connectivity index (χ3v) is 4.15. The maximum absolute atomic E-state index is 12.6. The minimum absolute atomic E-state index is 0.0828. The van der Waals surface area contributed by atoms with Crippen LogP contribution in [-0.4, -0.2) is 40.0 Å². The molecule has 30 heavy (non-hydrogen) atoms. The molecule has 1 N–H and O–H groups in total. The lowest BCUT2D eigenvalue weighted by Crippen LogP contribution is -2.32. The molecule has 0 aliphatic carbocycles. The summed E-state index contributed by atoms with van der Waals surface area (Å²) in [6.07, 6.45) is -0.0763. The Hall–Kier alpha value is -4.28. The highest BCUT2D eigenvalue weighted by Gasteiger charge is 2.24. The molecule has 0 radical (unpaired) electrons. The lowest BCUT2D eigenvalue weighted by Gasteiger charge is -2.14. The van der Waals surface area contributed by atoms with Crippen molar-refractivity contribution in [2.75, 3.05) is 7.11 Å². The first-order chi connectivity index (χ1) is 14.3. The van der Waals surface area contributed by atoms with Crippen LogP contribution in [-0.2, 0) is 9.53 Å². The number of hydrogen-bond donors (Lipinski definition) is 1. The first-order valence-electron chi connectivity index (χ1n) is 8.63. The molecule has 154 valence electrons. The number of ether oxygens (including phenoxy) is 2. The first-order valence-corrected chi connectivity index (χ1v) is 8.63. The van der Waals surface area contributed by atoms with E-state index in [9.17, 15) is 24.5 Å². The summed E-state index contributed by atoms with van der Waals surface area (Å²) in [6, 6.07) is 10.4. The van der Waals surface area contributed by atoms with Crippen molar-refractivity contribution in [1.82, 2.24) is 9.66 Å². The van der Waals surface area contributed by atoms with Crippen LogP contribution in [0.4, 0.5) is 5.69 Å². The number of nitro groups is 1. The molecule has 1 atom stereocenters. The molecule has 0 amide bonds. The fourth-order valence-electron chi connectivity index (χ4n) is 2.68. The highest BCUT2D eigenvalue weighted by molar-refractivity contribution is 5.86. The molecule has 0 saturated heterocycles. The zero-order chi connectivity index (χ0) is 21.8. The van der Waals surface area contributed by atoms with Crippen molar-refractivity contribution >= 4 is 28.8 Å². The van der Waals surface area contributed by atoms with Gasteiger partial charge < -0.3 is 14.5 Å². The molecular weight excluding hydrogens is 396 g/mol. The zero-order valence-corrected chi connectivity index (χ0v) is 15.9. The number of H-pyrrole nitrogens is 1. The van der Waals surface area contributed by atoms with E-state index in [0.29, 0.717) is 10.2 Å². The van der Waals surface area contributed by atoms with Gasteiger partial charge in [0.1, 0.15) is 0 Å². The van der Waals surface area contributed by atoms with Crippen molar-refractivity contribution in [3.63, 3.8) is 0 Å². The normalized spacial score (nSPS) is 12.1. The van der Waals surface area contributed by atoms with E-state index >= 15 is 0 Å². The molecule has 0 spiro atoms. The third-order valence-electron chi connectivity index (χ3n) is 4.15. The van der Waals surface area contributed by atoms with Gasteiger partial charge in [-0.2, -0.15) is 5.10 Å². The molecule has 3 aromatic rings. The largest absolute Gasteiger partial charge is 0.471 e. The molecule has 0 bridgehead atoms. The topological polar surface area (TPSA) is 146 Å². The Morgan fingerprint density at radius 3 is 2.67 bits per heavy atom. The van der Waals surface area contributed by atoms with Crippen LogP contribution in [0.25, 0.3) is 10.9 Å². The summed E-state index contributed by atoms with van der Waals surface area (Å²) in [5, 5.41) is 15.5. The maximum atomic E-state index is 12.6. The van der Waals surface area contributed by atoms with E-state index in [0.717, 1.165) is 13.3 Å². The fraction of sp³-hybridized carbons (Fsp3) is 0.158. The number of carbonyl (C=O) groups is 1. The molecule has 11 nitrogen and oxygen atoms in total. The van der Waals surface area contributed by atoms with E-state index in [2.05, 4.69) is 14.8 Å². The Balaban J connectivity index is 2.10. The lowest BCUT2D eigenvalue weighted by atomic mass is 10.2. The minimum atomic E-state index is -1.14. The molecule has 1 unspecified atom stereocenters. The van der Waals surface area contributed by atoms with Gasteiger partial charge in [0, 0.05) is 11.6 Å². The average molecular weight is 412 g/mol. The van der Waals surface area contributed by atoms with Gasteiger partial charge in [0.25, 0.3) is 5.56 Å². The van der Waals surface area contributed by atoms with Crippen molar-refractivity contribution in [2.45, 2.75) is 13.0 Å². The predicted octanol–water partition coefficient (Wildman–Crippen LogP) is 1.42. The van der Waals surface area contributed by atoms with Crippen LogP contribution in [0.2, 0.25) is 0 Å². The van der Waals surface area contributed by atoms with Crippen molar-refractivity contribution in [3.8, 4) is 5.75 Å². The number of nitrogens with one attached hydrogen (secondary N) is 1. The molecule has 3 rings (SSSR count). The Labute approximate surface area is 168 Å². The van der Waals surface area contributed by atoms with E-state index in [1.165, 1.54) is 31.2 Å². The van der Waals surface area contributed by atoms with Crippen molar-refractivity contribution in [1.29, 1.82) is 0 Å². The average Bonchev–Trinajstić information content (AvgIpc) is 2.73. The number of fused-ring (bicyclic) bond motifs is 1. The van der Waals surface area contributed by atoms with Gasteiger partial charge in [0.15, 0.2) is 6.10 Å². The van der Waals surface area contributed by atoms with Gasteiger partial charge in [-0.3, -0.25) is 14.9 Å². The lowest BCUT2D eigenvalue weighted by molar-refractivity contribution is -0.386. The first kappa shape index (κ1) is 20.5. The minimum Gasteiger partial charge on any atom is -0.471 e. The van der Waals surface area contributed by atoms with Crippen LogP contribution in [0.1, 0.15) is 12.5 Å². The van der Waals surface area contributed by atoms with Crippen LogP contribution in [0, 0.1) is 10.1 Å². The smallest absolute Gasteiger partial charge is 0.349 e. The second-order valence-corrected chi connectivity index (χ2v) is 6.07. The van der Waals surface area contributed by atoms with E-state index in [-0.39, 0.29) is 16.7 Å². The quantitative estimate of drug-likeness (QED) is 0.279. The Kier molecular flexibility index (Phi) is 5.72. The van der Waals surface area contributed by atoms with Crippen molar-refractivity contribution < 1.29 is 19.2 Å². The van der Waals surface area contributed by atoms with E-state index in [1.54, 1.807) is 18.2 Å². The summed E-state index contributed by atoms with van der Waals surface area (Å²) in [5.74, 6) is -0.993. The number of esters is 1. The number of methoxy groups -OCH3 is 1. The number of nitrogens with zero attached hydrogens (tertiary/aromatic N) is 3. The van der Waals surface area contributed by atoms with Crippen LogP contribution in [0.15, 0.2) is 57.2 Å². The number of nitro benzene ring substituents is 1. The molecule has 1 aromatic heterocycles. The van der Waals surface area contributed by atoms with Crippen molar-refractivity contribution in [2.24, 2.45) is 5.10 Å².